The normalized spacial score (nSPS) is 16.7. The number of carboxylic acids is 1. The van der Waals surface area contributed by atoms with Gasteiger partial charge in [0.1, 0.15) is 10.6 Å². The summed E-state index contributed by atoms with van der Waals surface area (Å²) in [6.07, 6.45) is 5.80. The molecule has 0 spiro atoms. The number of nitrogens with zero attached hydrogens (tertiary/aromatic N) is 1. The van der Waals surface area contributed by atoms with E-state index in [-0.39, 0.29) is 16.6 Å². The molecule has 1 aromatic heterocycles. The number of carbonyl (C=O) groups is 1. The molecular weight excluding hydrogens is 292 g/mol. The van der Waals surface area contributed by atoms with Gasteiger partial charge in [-0.25, -0.2) is 17.9 Å². The summed E-state index contributed by atoms with van der Waals surface area (Å²) in [6, 6.07) is 1.11. The second kappa shape index (κ2) is 6.19. The molecule has 6 nitrogen and oxygen atoms in total. The zero-order valence-corrected chi connectivity index (χ0v) is 13.2. The molecule has 0 amide bonds. The highest BCUT2D eigenvalue weighted by Crippen LogP contribution is 2.25. The molecule has 0 bridgehead atoms. The van der Waals surface area contributed by atoms with Crippen LogP contribution < -0.4 is 4.72 Å². The van der Waals surface area contributed by atoms with E-state index in [0.717, 1.165) is 25.7 Å². The van der Waals surface area contributed by atoms with Gasteiger partial charge in [0.25, 0.3) is 0 Å². The number of aromatic carboxylic acids is 1. The number of aromatic nitrogens is 1. The Morgan fingerprint density at radius 1 is 1.43 bits per heavy atom. The van der Waals surface area contributed by atoms with Crippen LogP contribution in [0.4, 0.5) is 0 Å². The lowest BCUT2D eigenvalue weighted by Crippen LogP contribution is -2.28. The molecule has 1 fully saturated rings. The van der Waals surface area contributed by atoms with Crippen LogP contribution >= 0.6 is 0 Å². The number of rotatable bonds is 6. The molecule has 7 heteroatoms. The predicted octanol–water partition coefficient (Wildman–Crippen LogP) is 2.24. The zero-order chi connectivity index (χ0) is 15.6. The van der Waals surface area contributed by atoms with Gasteiger partial charge in [-0.3, -0.25) is 0 Å². The van der Waals surface area contributed by atoms with Crippen LogP contribution in [0, 0.1) is 5.92 Å². The van der Waals surface area contributed by atoms with Crippen LogP contribution in [0.1, 0.15) is 56.1 Å². The first-order chi connectivity index (χ1) is 9.81. The maximum atomic E-state index is 12.3. The lowest BCUT2D eigenvalue weighted by atomic mass is 10.1. The number of carboxylic acid groups (broad SMARTS) is 1. The Morgan fingerprint density at radius 2 is 2.05 bits per heavy atom. The summed E-state index contributed by atoms with van der Waals surface area (Å²) in [5.74, 6) is -0.730. The van der Waals surface area contributed by atoms with Crippen molar-refractivity contribution >= 4 is 16.0 Å². The first-order valence-electron chi connectivity index (χ1n) is 7.26. The van der Waals surface area contributed by atoms with E-state index in [2.05, 4.69) is 4.72 Å². The Hall–Kier alpha value is -1.34. The van der Waals surface area contributed by atoms with Crippen LogP contribution in [0.25, 0.3) is 0 Å². The van der Waals surface area contributed by atoms with E-state index >= 15 is 0 Å². The summed E-state index contributed by atoms with van der Waals surface area (Å²) in [4.78, 5) is 11.2. The molecule has 0 radical (unpaired) electrons. The van der Waals surface area contributed by atoms with Crippen molar-refractivity contribution in [2.24, 2.45) is 5.92 Å². The monoisotopic (exact) mass is 314 g/mol. The van der Waals surface area contributed by atoms with Crippen molar-refractivity contribution < 1.29 is 18.3 Å². The van der Waals surface area contributed by atoms with Crippen LogP contribution in [-0.4, -0.2) is 30.6 Å². The fourth-order valence-corrected chi connectivity index (χ4v) is 3.87. The predicted molar refractivity (Wildman–Crippen MR) is 78.9 cm³/mol. The van der Waals surface area contributed by atoms with Crippen LogP contribution in [0.15, 0.2) is 17.2 Å². The van der Waals surface area contributed by atoms with Crippen molar-refractivity contribution in [2.45, 2.75) is 50.5 Å². The maximum Gasteiger partial charge on any atom is 0.352 e. The Kier molecular flexibility index (Phi) is 4.73. The van der Waals surface area contributed by atoms with Gasteiger partial charge in [0, 0.05) is 18.8 Å². The molecule has 0 unspecified atom stereocenters. The summed E-state index contributed by atoms with van der Waals surface area (Å²) in [7, 11) is -3.65. The average Bonchev–Trinajstić information content (AvgIpc) is 3.06. The van der Waals surface area contributed by atoms with Gasteiger partial charge in [0.2, 0.25) is 10.0 Å². The molecule has 21 heavy (non-hydrogen) atoms. The molecular formula is C14H22N2O4S. The molecule has 2 N–H and O–H groups in total. The van der Waals surface area contributed by atoms with Crippen molar-refractivity contribution in [3.8, 4) is 0 Å². The fraction of sp³-hybridized carbons (Fsp3) is 0.643. The van der Waals surface area contributed by atoms with E-state index in [1.807, 2.05) is 13.8 Å². The second-order valence-corrected chi connectivity index (χ2v) is 7.64. The van der Waals surface area contributed by atoms with Crippen LogP contribution in [0.5, 0.6) is 0 Å². The Balaban J connectivity index is 2.19. The quantitative estimate of drug-likeness (QED) is 0.843. The highest BCUT2D eigenvalue weighted by atomic mass is 32.2. The van der Waals surface area contributed by atoms with Crippen molar-refractivity contribution in [3.63, 3.8) is 0 Å². The molecule has 1 heterocycles. The summed E-state index contributed by atoms with van der Waals surface area (Å²) in [5, 5.41) is 9.16. The topological polar surface area (TPSA) is 88.4 Å². The third-order valence-electron chi connectivity index (χ3n) is 3.95. The molecule has 0 saturated heterocycles. The average molecular weight is 314 g/mol. The Morgan fingerprint density at radius 3 is 2.52 bits per heavy atom. The number of hydrogen-bond donors (Lipinski definition) is 2. The molecule has 0 aromatic carbocycles. The van der Waals surface area contributed by atoms with Gasteiger partial charge in [-0.05, 0) is 38.7 Å². The zero-order valence-electron chi connectivity index (χ0n) is 12.4. The van der Waals surface area contributed by atoms with Gasteiger partial charge in [-0.15, -0.1) is 0 Å². The minimum atomic E-state index is -3.65. The van der Waals surface area contributed by atoms with Crippen molar-refractivity contribution in [3.05, 3.63) is 18.0 Å². The molecule has 1 aliphatic rings. The van der Waals surface area contributed by atoms with Crippen LogP contribution in [0.3, 0.4) is 0 Å². The summed E-state index contributed by atoms with van der Waals surface area (Å²) >= 11 is 0. The van der Waals surface area contributed by atoms with Gasteiger partial charge in [-0.2, -0.15) is 0 Å². The smallest absolute Gasteiger partial charge is 0.352 e. The van der Waals surface area contributed by atoms with Gasteiger partial charge in [-0.1, -0.05) is 12.8 Å². The largest absolute Gasteiger partial charge is 0.477 e. The first-order valence-corrected chi connectivity index (χ1v) is 8.74. The van der Waals surface area contributed by atoms with E-state index in [4.69, 9.17) is 5.11 Å². The molecule has 0 atom stereocenters. The van der Waals surface area contributed by atoms with Crippen LogP contribution in [0.2, 0.25) is 0 Å². The first kappa shape index (κ1) is 16.0. The van der Waals surface area contributed by atoms with E-state index in [0.29, 0.717) is 12.5 Å². The standard InChI is InChI=1S/C14H22N2O4S/c1-10(2)16-9-12(7-13(16)14(17)18)21(19,20)15-8-11-5-3-4-6-11/h7,9-11,15H,3-6,8H2,1-2H3,(H,17,18). The van der Waals surface area contributed by atoms with Gasteiger partial charge < -0.3 is 9.67 Å². The van der Waals surface area contributed by atoms with Crippen molar-refractivity contribution in [1.82, 2.24) is 9.29 Å². The van der Waals surface area contributed by atoms with E-state index in [1.54, 1.807) is 0 Å². The third kappa shape index (κ3) is 3.65. The molecule has 1 aliphatic carbocycles. The minimum absolute atomic E-state index is 0.00811. The molecule has 2 rings (SSSR count). The van der Waals surface area contributed by atoms with Gasteiger partial charge in [0.05, 0.1) is 0 Å². The highest BCUT2D eigenvalue weighted by molar-refractivity contribution is 7.89. The second-order valence-electron chi connectivity index (χ2n) is 5.87. The molecule has 0 aliphatic heterocycles. The number of hydrogen-bond acceptors (Lipinski definition) is 3. The number of sulfonamides is 1. The third-order valence-corrected chi connectivity index (χ3v) is 5.34. The maximum absolute atomic E-state index is 12.3. The van der Waals surface area contributed by atoms with Gasteiger partial charge >= 0.3 is 5.97 Å². The Bertz CT molecular complexity index is 613. The van der Waals surface area contributed by atoms with Gasteiger partial charge in [0.15, 0.2) is 0 Å². The lowest BCUT2D eigenvalue weighted by molar-refractivity contribution is 0.0683. The summed E-state index contributed by atoms with van der Waals surface area (Å²) in [6.45, 7) is 4.06. The molecule has 118 valence electrons. The molecule has 1 aromatic rings. The van der Waals surface area contributed by atoms with E-state index in [9.17, 15) is 13.2 Å². The highest BCUT2D eigenvalue weighted by Gasteiger charge is 2.24. The van der Waals surface area contributed by atoms with Crippen LogP contribution in [-0.2, 0) is 10.0 Å². The lowest BCUT2D eigenvalue weighted by Gasteiger charge is -2.11. The van der Waals surface area contributed by atoms with E-state index in [1.165, 1.54) is 16.8 Å². The van der Waals surface area contributed by atoms with Crippen molar-refractivity contribution in [1.29, 1.82) is 0 Å². The Labute approximate surface area is 125 Å². The summed E-state index contributed by atoms with van der Waals surface area (Å²) < 4.78 is 28.6. The van der Waals surface area contributed by atoms with Crippen molar-refractivity contribution in [2.75, 3.05) is 6.54 Å². The number of nitrogens with one attached hydrogen (secondary N) is 1. The minimum Gasteiger partial charge on any atom is -0.477 e. The summed E-state index contributed by atoms with van der Waals surface area (Å²) in [5.41, 5.74) is -0.00811. The SMILES string of the molecule is CC(C)n1cc(S(=O)(=O)NCC2CCCC2)cc1C(=O)O. The molecule has 1 saturated carbocycles. The van der Waals surface area contributed by atoms with E-state index < -0.39 is 16.0 Å². The fourth-order valence-electron chi connectivity index (χ4n) is 2.72.